The highest BCUT2D eigenvalue weighted by atomic mass is 127. The highest BCUT2D eigenvalue weighted by Crippen LogP contribution is 2.25. The van der Waals surface area contributed by atoms with Crippen molar-refractivity contribution in [3.63, 3.8) is 0 Å². The molecule has 0 aromatic heterocycles. The normalized spacial score (nSPS) is 44.8. The van der Waals surface area contributed by atoms with Crippen molar-refractivity contribution in [3.05, 3.63) is 0 Å². The third kappa shape index (κ3) is 1.88. The third-order valence-electron chi connectivity index (χ3n) is 1.81. The molecule has 0 aliphatic carbocycles. The summed E-state index contributed by atoms with van der Waals surface area (Å²) in [5.41, 5.74) is 0. The van der Waals surface area contributed by atoms with Gasteiger partial charge in [0.2, 0.25) is 0 Å². The Morgan fingerprint density at radius 3 is 2.17 bits per heavy atom. The molecule has 0 spiro atoms. The van der Waals surface area contributed by atoms with Crippen molar-refractivity contribution in [1.29, 1.82) is 0 Å². The fourth-order valence-electron chi connectivity index (χ4n) is 1.09. The molecule has 1 saturated heterocycles. The lowest BCUT2D eigenvalue weighted by molar-refractivity contribution is -0.127. The second-order valence-corrected chi connectivity index (χ2v) is 4.27. The van der Waals surface area contributed by atoms with Crippen LogP contribution in [-0.2, 0) is 4.74 Å². The molecule has 1 aliphatic rings. The average Bonchev–Trinajstić information content (AvgIpc) is 2.32. The fourth-order valence-corrected chi connectivity index (χ4v) is 1.68. The van der Waals surface area contributed by atoms with Gasteiger partial charge in [0.05, 0.1) is 10.5 Å². The van der Waals surface area contributed by atoms with Gasteiger partial charge in [-0.3, -0.25) is 0 Å². The fraction of sp³-hybridized carbons (Fsp3) is 1.00. The van der Waals surface area contributed by atoms with E-state index >= 15 is 0 Å². The van der Waals surface area contributed by atoms with Gasteiger partial charge in [-0.05, 0) is 0 Å². The molecule has 1 rings (SSSR count). The van der Waals surface area contributed by atoms with Crippen LogP contribution in [0.2, 0.25) is 0 Å². The molecule has 0 amide bonds. The van der Waals surface area contributed by atoms with Gasteiger partial charge in [-0.1, -0.05) is 22.6 Å². The molecule has 6 heteroatoms. The number of rotatable bonds is 2. The van der Waals surface area contributed by atoms with Crippen LogP contribution < -0.4 is 0 Å². The second kappa shape index (κ2) is 4.16. The van der Waals surface area contributed by atoms with Crippen LogP contribution in [-0.4, -0.2) is 55.6 Å². The zero-order valence-electron chi connectivity index (χ0n) is 6.17. The summed E-state index contributed by atoms with van der Waals surface area (Å²) < 4.78 is 4.50. The molecule has 12 heavy (non-hydrogen) atoms. The first-order chi connectivity index (χ1) is 5.57. The maximum Gasteiger partial charge on any atom is 0.184 e. The Morgan fingerprint density at radius 2 is 1.83 bits per heavy atom. The first kappa shape index (κ1) is 10.6. The third-order valence-corrected chi connectivity index (χ3v) is 2.91. The number of aliphatic hydroxyl groups excluding tert-OH is 4. The predicted octanol–water partition coefficient (Wildman–Crippen LogP) is -1.78. The molecule has 1 heterocycles. The molecule has 72 valence electrons. The number of hydrogen-bond donors (Lipinski definition) is 4. The van der Waals surface area contributed by atoms with E-state index in [9.17, 15) is 5.11 Å². The van der Waals surface area contributed by atoms with Crippen LogP contribution >= 0.6 is 22.6 Å². The highest BCUT2D eigenvalue weighted by molar-refractivity contribution is 14.1. The van der Waals surface area contributed by atoms with Crippen LogP contribution in [0, 0.1) is 0 Å². The zero-order chi connectivity index (χ0) is 9.30. The van der Waals surface area contributed by atoms with Crippen molar-refractivity contribution in [2.45, 2.75) is 28.5 Å². The molecule has 1 fully saturated rings. The lowest BCUT2D eigenvalue weighted by atomic mass is 10.1. The van der Waals surface area contributed by atoms with Crippen LogP contribution in [0.5, 0.6) is 0 Å². The number of aliphatic hydroxyl groups is 4. The standard InChI is InChI=1S/C6H11IO5/c7-2(1-8)5-3(9)4(10)6(11)12-5/h2-6,8-11H,1H2/t2-,3-,4+,5+,6+/m0/s1. The van der Waals surface area contributed by atoms with E-state index in [1.54, 1.807) is 0 Å². The van der Waals surface area contributed by atoms with Crippen molar-refractivity contribution in [3.8, 4) is 0 Å². The summed E-state index contributed by atoms with van der Waals surface area (Å²) in [5.74, 6) is 0. The van der Waals surface area contributed by atoms with E-state index in [-0.39, 0.29) is 10.5 Å². The molecule has 5 atom stereocenters. The highest BCUT2D eigenvalue weighted by Gasteiger charge is 2.44. The van der Waals surface area contributed by atoms with E-state index in [0.717, 1.165) is 0 Å². The van der Waals surface area contributed by atoms with Crippen LogP contribution in [0.4, 0.5) is 0 Å². The van der Waals surface area contributed by atoms with E-state index in [2.05, 4.69) is 0 Å². The van der Waals surface area contributed by atoms with Gasteiger partial charge in [-0.2, -0.15) is 0 Å². The molecular formula is C6H11IO5. The Bertz CT molecular complexity index is 155. The second-order valence-electron chi connectivity index (χ2n) is 2.67. The molecule has 0 bridgehead atoms. The first-order valence-corrected chi connectivity index (χ1v) is 4.77. The van der Waals surface area contributed by atoms with Gasteiger partial charge >= 0.3 is 0 Å². The SMILES string of the molecule is OC[C@H](I)[C@H]1O[C@@H](O)[C@H](O)[C@@H]1O. The monoisotopic (exact) mass is 290 g/mol. The van der Waals surface area contributed by atoms with Crippen LogP contribution in [0.3, 0.4) is 0 Å². The summed E-state index contributed by atoms with van der Waals surface area (Å²) >= 11 is 1.89. The minimum absolute atomic E-state index is 0.165. The molecule has 0 aromatic rings. The maximum atomic E-state index is 9.28. The van der Waals surface area contributed by atoms with Crippen LogP contribution in [0.1, 0.15) is 0 Å². The number of alkyl halides is 1. The summed E-state index contributed by atoms with van der Waals surface area (Å²) in [5, 5.41) is 36.0. The summed E-state index contributed by atoms with van der Waals surface area (Å²) in [6, 6.07) is 0. The van der Waals surface area contributed by atoms with Gasteiger partial charge in [0, 0.05) is 0 Å². The molecule has 4 N–H and O–H groups in total. The summed E-state index contributed by atoms with van der Waals surface area (Å²) in [6.07, 6.45) is -4.47. The van der Waals surface area contributed by atoms with Crippen molar-refractivity contribution >= 4 is 22.6 Å². The van der Waals surface area contributed by atoms with Crippen molar-refractivity contribution in [2.75, 3.05) is 6.61 Å². The Labute approximate surface area is 83.1 Å². The van der Waals surface area contributed by atoms with Crippen molar-refractivity contribution in [1.82, 2.24) is 0 Å². The van der Waals surface area contributed by atoms with E-state index in [4.69, 9.17) is 20.1 Å². The molecule has 1 aliphatic heterocycles. The van der Waals surface area contributed by atoms with Crippen molar-refractivity contribution in [2.24, 2.45) is 0 Å². The summed E-state index contributed by atoms with van der Waals surface area (Å²) in [6.45, 7) is -0.165. The maximum absolute atomic E-state index is 9.28. The lowest BCUT2D eigenvalue weighted by Crippen LogP contribution is -2.37. The molecule has 0 radical (unpaired) electrons. The Morgan fingerprint density at radius 1 is 1.25 bits per heavy atom. The zero-order valence-corrected chi connectivity index (χ0v) is 8.33. The quantitative estimate of drug-likeness (QED) is 0.357. The molecule has 0 saturated carbocycles. The van der Waals surface area contributed by atoms with Gasteiger partial charge < -0.3 is 25.2 Å². The van der Waals surface area contributed by atoms with E-state index in [0.29, 0.717) is 0 Å². The van der Waals surface area contributed by atoms with Gasteiger partial charge in [0.25, 0.3) is 0 Å². The largest absolute Gasteiger partial charge is 0.395 e. The Kier molecular flexibility index (Phi) is 3.68. The van der Waals surface area contributed by atoms with E-state index in [1.807, 2.05) is 22.6 Å². The van der Waals surface area contributed by atoms with Crippen LogP contribution in [0.25, 0.3) is 0 Å². The Balaban J connectivity index is 2.58. The minimum Gasteiger partial charge on any atom is -0.395 e. The van der Waals surface area contributed by atoms with Gasteiger partial charge in [-0.25, -0.2) is 0 Å². The van der Waals surface area contributed by atoms with Gasteiger partial charge in [0.1, 0.15) is 18.3 Å². The van der Waals surface area contributed by atoms with Gasteiger partial charge in [0.15, 0.2) is 6.29 Å². The first-order valence-electron chi connectivity index (χ1n) is 3.52. The minimum atomic E-state index is -1.35. The van der Waals surface area contributed by atoms with Gasteiger partial charge in [-0.15, -0.1) is 0 Å². The smallest absolute Gasteiger partial charge is 0.184 e. The number of halogens is 1. The Hall–Kier alpha value is 0.530. The molecule has 0 unspecified atom stereocenters. The average molecular weight is 290 g/mol. The van der Waals surface area contributed by atoms with Crippen molar-refractivity contribution < 1.29 is 25.2 Å². The predicted molar refractivity (Wildman–Crippen MR) is 47.8 cm³/mol. The summed E-state index contributed by atoms with van der Waals surface area (Å²) in [4.78, 5) is 0. The van der Waals surface area contributed by atoms with E-state index < -0.39 is 24.6 Å². The van der Waals surface area contributed by atoms with Crippen LogP contribution in [0.15, 0.2) is 0 Å². The molecular weight excluding hydrogens is 279 g/mol. The number of hydrogen-bond acceptors (Lipinski definition) is 5. The lowest BCUT2D eigenvalue weighted by Gasteiger charge is -2.17. The topological polar surface area (TPSA) is 90.2 Å². The summed E-state index contributed by atoms with van der Waals surface area (Å²) in [7, 11) is 0. The molecule has 0 aromatic carbocycles. The van der Waals surface area contributed by atoms with E-state index in [1.165, 1.54) is 0 Å². The number of ether oxygens (including phenoxy) is 1. The molecule has 5 nitrogen and oxygen atoms in total.